The van der Waals surface area contributed by atoms with Crippen molar-refractivity contribution < 1.29 is 13.9 Å². The molecule has 5 nitrogen and oxygen atoms in total. The zero-order valence-corrected chi connectivity index (χ0v) is 13.5. The fraction of sp³-hybridized carbons (Fsp3) is 0.263. The lowest BCUT2D eigenvalue weighted by molar-refractivity contribution is 0.181. The van der Waals surface area contributed by atoms with Crippen molar-refractivity contribution >= 4 is 17.5 Å². The molecule has 4 rings (SSSR count). The summed E-state index contributed by atoms with van der Waals surface area (Å²) in [6.45, 7) is 2.18. The van der Waals surface area contributed by atoms with E-state index in [4.69, 9.17) is 10.00 Å². The zero-order chi connectivity index (χ0) is 17.4. The molecule has 0 N–H and O–H groups in total. The highest BCUT2D eigenvalue weighted by molar-refractivity contribution is 5.90. The van der Waals surface area contributed by atoms with E-state index in [-0.39, 0.29) is 11.9 Å². The first-order valence-corrected chi connectivity index (χ1v) is 8.17. The van der Waals surface area contributed by atoms with Gasteiger partial charge in [-0.15, -0.1) is 0 Å². The molecule has 126 valence electrons. The second-order valence-corrected chi connectivity index (χ2v) is 6.13. The summed E-state index contributed by atoms with van der Waals surface area (Å²) in [4.78, 5) is 15.5. The third-order valence-corrected chi connectivity index (χ3v) is 4.71. The molecule has 2 aliphatic rings. The van der Waals surface area contributed by atoms with Crippen LogP contribution < -0.4 is 9.80 Å². The monoisotopic (exact) mass is 337 g/mol. The Hall–Kier alpha value is -3.07. The summed E-state index contributed by atoms with van der Waals surface area (Å²) in [6.07, 6.45) is 0.406. The standard InChI is InChI=1S/C19H16FN3O2/c20-16-10-13(11-21)4-5-18(16)22-7-6-15-14(12-22)2-1-3-17(15)23-8-9-25-19(23)24/h1-5,10H,6-9,12H2. The largest absolute Gasteiger partial charge is 0.447 e. The molecule has 1 amide bonds. The van der Waals surface area contributed by atoms with Crippen molar-refractivity contribution in [2.45, 2.75) is 13.0 Å². The summed E-state index contributed by atoms with van der Waals surface area (Å²) >= 11 is 0. The lowest BCUT2D eigenvalue weighted by Crippen LogP contribution is -2.33. The van der Waals surface area contributed by atoms with Crippen LogP contribution in [0.4, 0.5) is 20.6 Å². The molecule has 6 heteroatoms. The van der Waals surface area contributed by atoms with Gasteiger partial charge in [-0.25, -0.2) is 9.18 Å². The van der Waals surface area contributed by atoms with Crippen molar-refractivity contribution in [2.24, 2.45) is 0 Å². The van der Waals surface area contributed by atoms with E-state index in [0.717, 1.165) is 16.8 Å². The minimum Gasteiger partial charge on any atom is -0.447 e. The number of benzene rings is 2. The molecule has 0 aliphatic carbocycles. The lowest BCUT2D eigenvalue weighted by Gasteiger charge is -2.33. The highest BCUT2D eigenvalue weighted by Crippen LogP contribution is 2.33. The Balaban J connectivity index is 1.64. The number of cyclic esters (lactones) is 1. The number of anilines is 2. The minimum atomic E-state index is -0.387. The topological polar surface area (TPSA) is 56.6 Å². The molecule has 2 aromatic carbocycles. The molecule has 0 atom stereocenters. The zero-order valence-electron chi connectivity index (χ0n) is 13.5. The molecule has 2 aromatic rings. The van der Waals surface area contributed by atoms with E-state index in [2.05, 4.69) is 0 Å². The number of hydrogen-bond donors (Lipinski definition) is 0. The molecule has 2 heterocycles. The number of amides is 1. The maximum Gasteiger partial charge on any atom is 0.414 e. The molecule has 0 unspecified atom stereocenters. The third-order valence-electron chi connectivity index (χ3n) is 4.71. The molecular formula is C19H16FN3O2. The van der Waals surface area contributed by atoms with Crippen molar-refractivity contribution in [3.8, 4) is 6.07 Å². The average Bonchev–Trinajstić information content (AvgIpc) is 3.06. The van der Waals surface area contributed by atoms with Crippen LogP contribution in [0.25, 0.3) is 0 Å². The fourth-order valence-corrected chi connectivity index (χ4v) is 3.49. The van der Waals surface area contributed by atoms with Gasteiger partial charge in [-0.1, -0.05) is 12.1 Å². The van der Waals surface area contributed by atoms with Crippen molar-refractivity contribution in [1.29, 1.82) is 5.26 Å². The van der Waals surface area contributed by atoms with Crippen LogP contribution in [0.2, 0.25) is 0 Å². The van der Waals surface area contributed by atoms with Crippen molar-refractivity contribution in [2.75, 3.05) is 29.5 Å². The van der Waals surface area contributed by atoms with Gasteiger partial charge in [0.05, 0.1) is 29.6 Å². The number of fused-ring (bicyclic) bond motifs is 1. The Morgan fingerprint density at radius 3 is 2.76 bits per heavy atom. The Morgan fingerprint density at radius 1 is 1.16 bits per heavy atom. The Kier molecular flexibility index (Phi) is 3.77. The smallest absolute Gasteiger partial charge is 0.414 e. The lowest BCUT2D eigenvalue weighted by atomic mass is 9.96. The number of carbonyl (C=O) groups is 1. The van der Waals surface area contributed by atoms with E-state index in [9.17, 15) is 9.18 Å². The highest BCUT2D eigenvalue weighted by atomic mass is 19.1. The summed E-state index contributed by atoms with van der Waals surface area (Å²) in [5.74, 6) is -0.387. The van der Waals surface area contributed by atoms with Gasteiger partial charge in [-0.2, -0.15) is 5.26 Å². The average molecular weight is 337 g/mol. The van der Waals surface area contributed by atoms with E-state index >= 15 is 0 Å². The molecule has 1 saturated heterocycles. The number of nitrogens with zero attached hydrogens (tertiary/aromatic N) is 3. The minimum absolute atomic E-state index is 0.311. The quantitative estimate of drug-likeness (QED) is 0.844. The Labute approximate surface area is 144 Å². The van der Waals surface area contributed by atoms with Crippen LogP contribution >= 0.6 is 0 Å². The van der Waals surface area contributed by atoms with E-state index in [1.54, 1.807) is 17.0 Å². The predicted octanol–water partition coefficient (Wildman–Crippen LogP) is 3.22. The summed E-state index contributed by atoms with van der Waals surface area (Å²) in [5, 5.41) is 8.88. The van der Waals surface area contributed by atoms with Gasteiger partial charge in [0.25, 0.3) is 0 Å². The van der Waals surface area contributed by atoms with Gasteiger partial charge in [0.15, 0.2) is 0 Å². The fourth-order valence-electron chi connectivity index (χ4n) is 3.49. The predicted molar refractivity (Wildman–Crippen MR) is 91.0 cm³/mol. The first-order chi connectivity index (χ1) is 12.2. The van der Waals surface area contributed by atoms with Gasteiger partial charge in [0.2, 0.25) is 0 Å². The van der Waals surface area contributed by atoms with Crippen LogP contribution in [0, 0.1) is 17.1 Å². The van der Waals surface area contributed by atoms with Gasteiger partial charge in [0.1, 0.15) is 12.4 Å². The molecule has 0 spiro atoms. The van der Waals surface area contributed by atoms with Gasteiger partial charge >= 0.3 is 6.09 Å². The SMILES string of the molecule is N#Cc1ccc(N2CCc3c(cccc3N3CCOC3=O)C2)c(F)c1. The summed E-state index contributed by atoms with van der Waals surface area (Å²) in [6, 6.07) is 12.4. The molecular weight excluding hydrogens is 321 g/mol. The maximum absolute atomic E-state index is 14.3. The number of hydrogen-bond acceptors (Lipinski definition) is 4. The van der Waals surface area contributed by atoms with E-state index in [1.807, 2.05) is 29.2 Å². The second kappa shape index (κ2) is 6.10. The van der Waals surface area contributed by atoms with E-state index in [1.165, 1.54) is 6.07 Å². The van der Waals surface area contributed by atoms with Crippen LogP contribution in [0.3, 0.4) is 0 Å². The van der Waals surface area contributed by atoms with Crippen LogP contribution in [0.15, 0.2) is 36.4 Å². The first kappa shape index (κ1) is 15.5. The van der Waals surface area contributed by atoms with Crippen molar-refractivity contribution in [3.05, 3.63) is 58.9 Å². The normalized spacial score (nSPS) is 16.4. The number of carbonyl (C=O) groups excluding carboxylic acids is 1. The summed E-state index contributed by atoms with van der Waals surface area (Å²) in [7, 11) is 0. The van der Waals surface area contributed by atoms with Crippen molar-refractivity contribution in [3.63, 3.8) is 0 Å². The molecule has 0 radical (unpaired) electrons. The molecule has 2 aliphatic heterocycles. The molecule has 0 bridgehead atoms. The van der Waals surface area contributed by atoms with E-state index < -0.39 is 0 Å². The maximum atomic E-state index is 14.3. The Bertz CT molecular complexity index is 891. The number of ether oxygens (including phenoxy) is 1. The number of halogens is 1. The van der Waals surface area contributed by atoms with Gasteiger partial charge in [-0.05, 0) is 41.8 Å². The third kappa shape index (κ3) is 2.68. The van der Waals surface area contributed by atoms with Gasteiger partial charge < -0.3 is 9.64 Å². The van der Waals surface area contributed by atoms with Gasteiger partial charge in [-0.3, -0.25) is 4.90 Å². The summed E-state index contributed by atoms with van der Waals surface area (Å²) < 4.78 is 19.4. The second-order valence-electron chi connectivity index (χ2n) is 6.13. The van der Waals surface area contributed by atoms with Crippen molar-refractivity contribution in [1.82, 2.24) is 0 Å². The van der Waals surface area contributed by atoms with Crippen LogP contribution in [-0.2, 0) is 17.7 Å². The molecule has 25 heavy (non-hydrogen) atoms. The summed E-state index contributed by atoms with van der Waals surface area (Å²) in [5.41, 5.74) is 3.89. The van der Waals surface area contributed by atoms with Crippen LogP contribution in [-0.4, -0.2) is 25.8 Å². The Morgan fingerprint density at radius 2 is 2.04 bits per heavy atom. The van der Waals surface area contributed by atoms with Crippen LogP contribution in [0.5, 0.6) is 0 Å². The molecule has 1 fully saturated rings. The number of nitriles is 1. The molecule has 0 aromatic heterocycles. The van der Waals surface area contributed by atoms with E-state index in [0.29, 0.717) is 43.9 Å². The highest BCUT2D eigenvalue weighted by Gasteiger charge is 2.28. The molecule has 0 saturated carbocycles. The van der Waals surface area contributed by atoms with Gasteiger partial charge in [0, 0.05) is 13.1 Å². The van der Waals surface area contributed by atoms with Crippen LogP contribution in [0.1, 0.15) is 16.7 Å². The first-order valence-electron chi connectivity index (χ1n) is 8.17. The number of rotatable bonds is 2.